The highest BCUT2D eigenvalue weighted by molar-refractivity contribution is 6.30. The molecule has 0 aliphatic rings. The Morgan fingerprint density at radius 2 is 0.787 bits per heavy atom. The molecule has 1 aromatic heterocycles. The lowest BCUT2D eigenvalue weighted by Gasteiger charge is -2.19. The highest BCUT2D eigenvalue weighted by atomic mass is 15.0. The molecule has 1 heterocycles. The SMILES string of the molecule is [C-]#[N+]c1ccc2ccc(-c3c4ccccc4c(-c4ccc5c(c4)c4ccccc4c4cc6c7cc8ccccc8cc7n(-c7ccccc7)c6cc54)c4ccccc34)cc2c1. The van der Waals surface area contributed by atoms with Gasteiger partial charge in [-0.1, -0.05) is 152 Å². The van der Waals surface area contributed by atoms with Gasteiger partial charge in [-0.05, 0) is 152 Å². The third kappa shape index (κ3) is 4.96. The fraction of sp³-hybridized carbons (Fsp3) is 0. The van der Waals surface area contributed by atoms with Crippen LogP contribution in [0.3, 0.4) is 0 Å². The summed E-state index contributed by atoms with van der Waals surface area (Å²) in [6.45, 7) is 7.63. The summed E-state index contributed by atoms with van der Waals surface area (Å²) in [5.41, 5.74) is 9.03. The fourth-order valence-corrected chi connectivity index (χ4v) is 10.4. The van der Waals surface area contributed by atoms with Crippen LogP contribution in [0, 0.1) is 6.57 Å². The van der Waals surface area contributed by atoms with E-state index >= 15 is 0 Å². The molecule has 2 nitrogen and oxygen atoms in total. The van der Waals surface area contributed by atoms with E-state index in [2.05, 4.69) is 197 Å². The predicted molar refractivity (Wildman–Crippen MR) is 260 cm³/mol. The van der Waals surface area contributed by atoms with Crippen molar-refractivity contribution < 1.29 is 0 Å². The third-order valence-electron chi connectivity index (χ3n) is 13.1. The van der Waals surface area contributed by atoms with Crippen LogP contribution in [0.5, 0.6) is 0 Å². The Morgan fingerprint density at radius 3 is 1.46 bits per heavy atom. The summed E-state index contributed by atoms with van der Waals surface area (Å²) in [6.07, 6.45) is 0. The molecule has 0 fully saturated rings. The molecule has 0 aliphatic carbocycles. The zero-order valence-corrected chi connectivity index (χ0v) is 33.0. The maximum Gasteiger partial charge on any atom is 0.187 e. The molecule has 61 heavy (non-hydrogen) atoms. The van der Waals surface area contributed by atoms with Crippen LogP contribution >= 0.6 is 0 Å². The summed E-state index contributed by atoms with van der Waals surface area (Å²) < 4.78 is 2.45. The van der Waals surface area contributed by atoms with Gasteiger partial charge in [0, 0.05) is 16.5 Å². The molecule has 0 spiro atoms. The Kier molecular flexibility index (Phi) is 7.11. The number of aromatic nitrogens is 1. The van der Waals surface area contributed by atoms with Gasteiger partial charge in [-0.15, -0.1) is 0 Å². The number of nitrogens with zero attached hydrogens (tertiary/aromatic N) is 2. The van der Waals surface area contributed by atoms with Gasteiger partial charge in [-0.25, -0.2) is 4.85 Å². The van der Waals surface area contributed by atoms with Crippen molar-refractivity contribution in [2.24, 2.45) is 0 Å². The van der Waals surface area contributed by atoms with Gasteiger partial charge in [0.25, 0.3) is 0 Å². The predicted octanol–water partition coefficient (Wildman–Crippen LogP) is 16.7. The van der Waals surface area contributed by atoms with Gasteiger partial charge >= 0.3 is 0 Å². The van der Waals surface area contributed by atoms with Crippen molar-refractivity contribution >= 4 is 103 Å². The average molecular weight is 771 g/mol. The maximum absolute atomic E-state index is 7.63. The number of benzene rings is 12. The van der Waals surface area contributed by atoms with E-state index in [4.69, 9.17) is 6.57 Å². The minimum atomic E-state index is 0.656. The largest absolute Gasteiger partial charge is 0.309 e. The lowest BCUT2D eigenvalue weighted by atomic mass is 9.84. The molecule has 13 aromatic rings. The topological polar surface area (TPSA) is 9.29 Å². The summed E-state index contributed by atoms with van der Waals surface area (Å²) in [4.78, 5) is 3.72. The first-order chi connectivity index (χ1) is 30.2. The average Bonchev–Trinajstić information content (AvgIpc) is 3.63. The van der Waals surface area contributed by atoms with Crippen LogP contribution in [0.2, 0.25) is 0 Å². The van der Waals surface area contributed by atoms with Gasteiger partial charge in [0.05, 0.1) is 17.6 Å². The molecule has 0 bridgehead atoms. The number of para-hydroxylation sites is 1. The molecule has 280 valence electrons. The Hall–Kier alpha value is -8.25. The first-order valence-electron chi connectivity index (χ1n) is 20.9. The molecule has 0 saturated carbocycles. The zero-order valence-electron chi connectivity index (χ0n) is 33.0. The summed E-state index contributed by atoms with van der Waals surface area (Å²) in [5.74, 6) is 0. The second-order valence-corrected chi connectivity index (χ2v) is 16.3. The summed E-state index contributed by atoms with van der Waals surface area (Å²) >= 11 is 0. The highest BCUT2D eigenvalue weighted by Gasteiger charge is 2.20. The van der Waals surface area contributed by atoms with Crippen molar-refractivity contribution in [1.82, 2.24) is 4.57 Å². The van der Waals surface area contributed by atoms with Crippen LogP contribution in [0.4, 0.5) is 5.69 Å². The summed E-state index contributed by atoms with van der Waals surface area (Å²) in [7, 11) is 0. The molecule has 0 amide bonds. The van der Waals surface area contributed by atoms with Crippen LogP contribution in [0.1, 0.15) is 0 Å². The van der Waals surface area contributed by atoms with E-state index in [1.54, 1.807) is 0 Å². The number of hydrogen-bond acceptors (Lipinski definition) is 0. The Balaban J connectivity index is 1.10. The second kappa shape index (κ2) is 12.9. The molecule has 0 atom stereocenters. The van der Waals surface area contributed by atoms with Gasteiger partial charge in [-0.3, -0.25) is 0 Å². The molecular formula is C59H34N2. The standard InChI is InChI=1S/C59H34N2/c1-60-42-27-25-36-23-24-39(29-41(36)30-42)58-47-19-9-11-21-49(47)59(50-22-12-10-20-48(50)58)40-26-28-46-51(32-40)44-17-7-8-18-45(44)52-34-55-54-31-37-13-5-6-14-38(37)33-56(54)61(57(55)35-53(46)52)43-15-3-2-4-16-43/h2-35H. The monoisotopic (exact) mass is 770 g/mol. The highest BCUT2D eigenvalue weighted by Crippen LogP contribution is 2.47. The first kappa shape index (κ1) is 33.7. The molecule has 2 heteroatoms. The molecule has 13 rings (SSSR count). The van der Waals surface area contributed by atoms with Gasteiger partial charge in [0.2, 0.25) is 0 Å². The van der Waals surface area contributed by atoms with Crippen molar-refractivity contribution in [2.45, 2.75) is 0 Å². The second-order valence-electron chi connectivity index (χ2n) is 16.3. The smallest absolute Gasteiger partial charge is 0.187 e. The van der Waals surface area contributed by atoms with Gasteiger partial charge < -0.3 is 4.57 Å². The van der Waals surface area contributed by atoms with E-state index in [0.717, 1.165) is 22.0 Å². The van der Waals surface area contributed by atoms with Crippen molar-refractivity contribution in [3.63, 3.8) is 0 Å². The Morgan fingerprint density at radius 1 is 0.295 bits per heavy atom. The fourth-order valence-electron chi connectivity index (χ4n) is 10.4. The van der Waals surface area contributed by atoms with Crippen molar-refractivity contribution in [1.29, 1.82) is 0 Å². The van der Waals surface area contributed by atoms with Crippen LogP contribution in [-0.4, -0.2) is 4.57 Å². The Bertz CT molecular complexity index is 4000. The number of fused-ring (bicyclic) bond motifs is 13. The quantitative estimate of drug-likeness (QED) is 0.0962. The number of rotatable bonds is 3. The third-order valence-corrected chi connectivity index (χ3v) is 13.1. The lowest BCUT2D eigenvalue weighted by molar-refractivity contribution is 1.18. The number of hydrogen-bond donors (Lipinski definition) is 0. The summed E-state index contributed by atoms with van der Waals surface area (Å²) in [5, 5.41) is 19.6. The molecular weight excluding hydrogens is 737 g/mol. The van der Waals surface area contributed by atoms with E-state index in [9.17, 15) is 0 Å². The van der Waals surface area contributed by atoms with Crippen LogP contribution in [0.15, 0.2) is 206 Å². The van der Waals surface area contributed by atoms with Crippen molar-refractivity contribution in [3.05, 3.63) is 218 Å². The molecule has 0 N–H and O–H groups in total. The lowest BCUT2D eigenvalue weighted by Crippen LogP contribution is -1.94. The van der Waals surface area contributed by atoms with Crippen molar-refractivity contribution in [2.75, 3.05) is 0 Å². The Labute approximate surface area is 351 Å². The van der Waals surface area contributed by atoms with Crippen molar-refractivity contribution in [3.8, 4) is 27.9 Å². The van der Waals surface area contributed by atoms with Crippen LogP contribution in [-0.2, 0) is 0 Å². The van der Waals surface area contributed by atoms with E-state index in [-0.39, 0.29) is 0 Å². The molecule has 0 radical (unpaired) electrons. The van der Waals surface area contributed by atoms with E-state index < -0.39 is 0 Å². The van der Waals surface area contributed by atoms with Crippen LogP contribution in [0.25, 0.3) is 130 Å². The maximum atomic E-state index is 7.63. The minimum Gasteiger partial charge on any atom is -0.309 e. The van der Waals surface area contributed by atoms with E-state index in [0.29, 0.717) is 5.69 Å². The van der Waals surface area contributed by atoms with E-state index in [1.165, 1.54) is 103 Å². The summed E-state index contributed by atoms with van der Waals surface area (Å²) in [6, 6.07) is 75.6. The van der Waals surface area contributed by atoms with Crippen LogP contribution < -0.4 is 0 Å². The van der Waals surface area contributed by atoms with Gasteiger partial charge in [0.15, 0.2) is 5.69 Å². The molecule has 12 aromatic carbocycles. The van der Waals surface area contributed by atoms with Gasteiger partial charge in [-0.2, -0.15) is 0 Å². The minimum absolute atomic E-state index is 0.656. The molecule has 0 unspecified atom stereocenters. The van der Waals surface area contributed by atoms with E-state index in [1.807, 2.05) is 18.2 Å². The molecule has 0 aliphatic heterocycles. The first-order valence-corrected chi connectivity index (χ1v) is 20.9. The zero-order chi connectivity index (χ0) is 40.2. The normalized spacial score (nSPS) is 11.9. The molecule has 0 saturated heterocycles. The van der Waals surface area contributed by atoms with Gasteiger partial charge in [0.1, 0.15) is 0 Å².